The minimum absolute atomic E-state index is 0.241. The van der Waals surface area contributed by atoms with Gasteiger partial charge in [0, 0.05) is 18.8 Å². The molecule has 0 saturated carbocycles. The first-order valence-electron chi connectivity index (χ1n) is 6.35. The third-order valence-electron chi connectivity index (χ3n) is 2.61. The summed E-state index contributed by atoms with van der Waals surface area (Å²) in [5.74, 6) is 0.230. The molecule has 1 rings (SSSR count). The summed E-state index contributed by atoms with van der Waals surface area (Å²) in [5.41, 5.74) is 1.74. The van der Waals surface area contributed by atoms with Crippen molar-refractivity contribution in [2.75, 3.05) is 13.2 Å². The van der Waals surface area contributed by atoms with Gasteiger partial charge in [0.25, 0.3) is 0 Å². The lowest BCUT2D eigenvalue weighted by Crippen LogP contribution is -2.33. The number of aryl methyl sites for hydroxylation is 2. The molecule has 0 spiro atoms. The zero-order valence-corrected chi connectivity index (χ0v) is 11.9. The van der Waals surface area contributed by atoms with E-state index in [1.807, 2.05) is 27.1 Å². The molecular formula is C13H23N3O2. The van der Waals surface area contributed by atoms with Crippen LogP contribution in [0.2, 0.25) is 0 Å². The zero-order valence-electron chi connectivity index (χ0n) is 11.9. The molecule has 0 bridgehead atoms. The van der Waals surface area contributed by atoms with Crippen molar-refractivity contribution >= 4 is 5.97 Å². The van der Waals surface area contributed by atoms with Gasteiger partial charge in [-0.3, -0.25) is 4.68 Å². The Morgan fingerprint density at radius 3 is 2.67 bits per heavy atom. The fraction of sp³-hybridized carbons (Fsp3) is 0.692. The third-order valence-corrected chi connectivity index (χ3v) is 2.61. The Kier molecular flexibility index (Phi) is 5.34. The summed E-state index contributed by atoms with van der Waals surface area (Å²) in [6.07, 6.45) is 1.87. The maximum absolute atomic E-state index is 12.0. The Bertz CT molecular complexity index is 399. The van der Waals surface area contributed by atoms with Crippen molar-refractivity contribution < 1.29 is 9.53 Å². The highest BCUT2D eigenvalue weighted by atomic mass is 16.5. The van der Waals surface area contributed by atoms with Crippen LogP contribution in [-0.2, 0) is 16.6 Å². The van der Waals surface area contributed by atoms with Gasteiger partial charge in [0.05, 0.1) is 12.3 Å². The van der Waals surface area contributed by atoms with Gasteiger partial charge in [-0.25, -0.2) is 4.79 Å². The number of hydrogen-bond acceptors (Lipinski definition) is 4. The van der Waals surface area contributed by atoms with Crippen molar-refractivity contribution in [2.24, 2.45) is 13.0 Å². The number of ether oxygens (including phenoxy) is 1. The summed E-state index contributed by atoms with van der Waals surface area (Å²) >= 11 is 0. The van der Waals surface area contributed by atoms with Gasteiger partial charge in [0.1, 0.15) is 6.04 Å². The number of esters is 1. The van der Waals surface area contributed by atoms with Gasteiger partial charge in [-0.05, 0) is 26.3 Å². The first-order chi connectivity index (χ1) is 8.45. The van der Waals surface area contributed by atoms with Crippen LogP contribution < -0.4 is 5.32 Å². The van der Waals surface area contributed by atoms with Crippen molar-refractivity contribution in [1.29, 1.82) is 0 Å². The van der Waals surface area contributed by atoms with E-state index in [0.717, 1.165) is 17.8 Å². The van der Waals surface area contributed by atoms with Gasteiger partial charge in [-0.2, -0.15) is 5.10 Å². The van der Waals surface area contributed by atoms with Gasteiger partial charge < -0.3 is 10.1 Å². The lowest BCUT2D eigenvalue weighted by Gasteiger charge is -2.18. The van der Waals surface area contributed by atoms with E-state index in [-0.39, 0.29) is 5.97 Å². The lowest BCUT2D eigenvalue weighted by molar-refractivity contribution is -0.145. The fourth-order valence-corrected chi connectivity index (χ4v) is 1.80. The summed E-state index contributed by atoms with van der Waals surface area (Å²) in [7, 11) is 1.85. The molecular weight excluding hydrogens is 230 g/mol. The number of nitrogens with zero attached hydrogens (tertiary/aromatic N) is 2. The van der Waals surface area contributed by atoms with Crippen LogP contribution >= 0.6 is 0 Å². The number of carbonyl (C=O) groups excluding carboxylic acids is 1. The Morgan fingerprint density at radius 2 is 2.22 bits per heavy atom. The van der Waals surface area contributed by atoms with Crippen LogP contribution in [0.4, 0.5) is 0 Å². The third kappa shape index (κ3) is 3.84. The number of rotatable bonds is 6. The molecule has 1 N–H and O–H groups in total. The van der Waals surface area contributed by atoms with Crippen LogP contribution in [0.5, 0.6) is 0 Å². The Morgan fingerprint density at radius 1 is 1.56 bits per heavy atom. The number of carbonyl (C=O) groups is 1. The first-order valence-corrected chi connectivity index (χ1v) is 6.35. The SMILES string of the molecule is CCOC(=O)C(NCC(C)C)c1cn(C)nc1C. The molecule has 5 nitrogen and oxygen atoms in total. The molecule has 1 aromatic heterocycles. The molecule has 0 fully saturated rings. The van der Waals surface area contributed by atoms with Crippen molar-refractivity contribution in [3.8, 4) is 0 Å². The van der Waals surface area contributed by atoms with E-state index in [9.17, 15) is 4.79 Å². The van der Waals surface area contributed by atoms with E-state index in [2.05, 4.69) is 24.3 Å². The normalized spacial score (nSPS) is 12.8. The number of aromatic nitrogens is 2. The predicted molar refractivity (Wildman–Crippen MR) is 70.2 cm³/mol. The second kappa shape index (κ2) is 6.54. The minimum Gasteiger partial charge on any atom is -0.465 e. The molecule has 0 aromatic carbocycles. The molecule has 1 heterocycles. The van der Waals surface area contributed by atoms with Crippen LogP contribution in [0.1, 0.15) is 38.1 Å². The standard InChI is InChI=1S/C13H23N3O2/c1-6-18-13(17)12(14-7-9(2)3)11-8-16(5)15-10(11)4/h8-9,12,14H,6-7H2,1-5H3. The first kappa shape index (κ1) is 14.7. The summed E-state index contributed by atoms with van der Waals surface area (Å²) in [6, 6.07) is -0.430. The van der Waals surface area contributed by atoms with Gasteiger partial charge in [-0.15, -0.1) is 0 Å². The van der Waals surface area contributed by atoms with Crippen molar-refractivity contribution in [2.45, 2.75) is 33.7 Å². The maximum atomic E-state index is 12.0. The van der Waals surface area contributed by atoms with Crippen LogP contribution in [0.25, 0.3) is 0 Å². The van der Waals surface area contributed by atoms with E-state index in [4.69, 9.17) is 4.74 Å². The van der Waals surface area contributed by atoms with Crippen molar-refractivity contribution in [3.05, 3.63) is 17.5 Å². The molecule has 5 heteroatoms. The second-order valence-corrected chi connectivity index (χ2v) is 4.83. The maximum Gasteiger partial charge on any atom is 0.327 e. The molecule has 1 aromatic rings. The Balaban J connectivity index is 2.89. The largest absolute Gasteiger partial charge is 0.465 e. The summed E-state index contributed by atoms with van der Waals surface area (Å²) < 4.78 is 6.83. The van der Waals surface area contributed by atoms with Crippen molar-refractivity contribution in [3.63, 3.8) is 0 Å². The summed E-state index contributed by atoms with van der Waals surface area (Å²) in [4.78, 5) is 12.0. The van der Waals surface area contributed by atoms with Crippen LogP contribution in [0.15, 0.2) is 6.20 Å². The van der Waals surface area contributed by atoms with Crippen molar-refractivity contribution in [1.82, 2.24) is 15.1 Å². The lowest BCUT2D eigenvalue weighted by atomic mass is 10.1. The quantitative estimate of drug-likeness (QED) is 0.782. The van der Waals surface area contributed by atoms with Crippen LogP contribution in [0.3, 0.4) is 0 Å². The van der Waals surface area contributed by atoms with Gasteiger partial charge >= 0.3 is 5.97 Å². The summed E-state index contributed by atoms with van der Waals surface area (Å²) in [6.45, 7) is 9.07. The molecule has 0 saturated heterocycles. The second-order valence-electron chi connectivity index (χ2n) is 4.83. The predicted octanol–water partition coefficient (Wildman–Crippen LogP) is 1.58. The number of hydrogen-bond donors (Lipinski definition) is 1. The monoisotopic (exact) mass is 253 g/mol. The Hall–Kier alpha value is -1.36. The van der Waals surface area contributed by atoms with E-state index in [1.165, 1.54) is 0 Å². The zero-order chi connectivity index (χ0) is 13.7. The van der Waals surface area contributed by atoms with E-state index in [1.54, 1.807) is 4.68 Å². The van der Waals surface area contributed by atoms with Gasteiger partial charge in [-0.1, -0.05) is 13.8 Å². The minimum atomic E-state index is -0.430. The van der Waals surface area contributed by atoms with E-state index >= 15 is 0 Å². The number of nitrogens with one attached hydrogen (secondary N) is 1. The molecule has 102 valence electrons. The highest BCUT2D eigenvalue weighted by molar-refractivity contribution is 5.77. The summed E-state index contributed by atoms with van der Waals surface area (Å²) in [5, 5.41) is 7.52. The topological polar surface area (TPSA) is 56.1 Å². The molecule has 1 atom stereocenters. The smallest absolute Gasteiger partial charge is 0.327 e. The van der Waals surface area contributed by atoms with E-state index < -0.39 is 6.04 Å². The average molecular weight is 253 g/mol. The van der Waals surface area contributed by atoms with Crippen LogP contribution in [-0.4, -0.2) is 28.9 Å². The van der Waals surface area contributed by atoms with E-state index in [0.29, 0.717) is 12.5 Å². The van der Waals surface area contributed by atoms with Gasteiger partial charge in [0.2, 0.25) is 0 Å². The highest BCUT2D eigenvalue weighted by Gasteiger charge is 2.25. The van der Waals surface area contributed by atoms with Gasteiger partial charge in [0.15, 0.2) is 0 Å². The highest BCUT2D eigenvalue weighted by Crippen LogP contribution is 2.18. The fourth-order valence-electron chi connectivity index (χ4n) is 1.80. The molecule has 0 aliphatic heterocycles. The average Bonchev–Trinajstić information content (AvgIpc) is 2.58. The molecule has 0 aliphatic carbocycles. The molecule has 0 aliphatic rings. The molecule has 0 radical (unpaired) electrons. The molecule has 1 unspecified atom stereocenters. The molecule has 0 amide bonds. The molecule has 18 heavy (non-hydrogen) atoms. The Labute approximate surface area is 109 Å². The van der Waals surface area contributed by atoms with Crippen LogP contribution in [0, 0.1) is 12.8 Å².